The number of rotatable bonds is 5. The van der Waals surface area contributed by atoms with Gasteiger partial charge in [-0.3, -0.25) is 4.79 Å². The quantitative estimate of drug-likeness (QED) is 0.708. The van der Waals surface area contributed by atoms with Gasteiger partial charge in [0.25, 0.3) is 0 Å². The number of hydrogen-bond acceptors (Lipinski definition) is 5. The van der Waals surface area contributed by atoms with E-state index in [9.17, 15) is 22.8 Å². The molecule has 0 aliphatic heterocycles. The summed E-state index contributed by atoms with van der Waals surface area (Å²) in [5.41, 5.74) is -1.51. The fraction of sp³-hybridized carbons (Fsp3) is 0.600. The number of benzene rings is 1. The van der Waals surface area contributed by atoms with Crippen molar-refractivity contribution in [2.75, 3.05) is 7.11 Å². The second-order valence-corrected chi connectivity index (χ2v) is 8.02. The van der Waals surface area contributed by atoms with Crippen molar-refractivity contribution in [3.63, 3.8) is 0 Å². The molecule has 1 N–H and O–H groups in total. The van der Waals surface area contributed by atoms with Crippen LogP contribution in [0.4, 0.5) is 18.0 Å². The molecule has 1 atom stereocenters. The van der Waals surface area contributed by atoms with Crippen molar-refractivity contribution < 1.29 is 37.0 Å². The van der Waals surface area contributed by atoms with Gasteiger partial charge < -0.3 is 19.5 Å². The highest BCUT2D eigenvalue weighted by molar-refractivity contribution is 5.73. The number of esters is 1. The van der Waals surface area contributed by atoms with E-state index in [4.69, 9.17) is 9.47 Å². The minimum atomic E-state index is -4.64. The third-order valence-electron chi connectivity index (χ3n) is 4.46. The smallest absolute Gasteiger partial charge is 0.419 e. The summed E-state index contributed by atoms with van der Waals surface area (Å²) in [4.78, 5) is 23.5. The largest absolute Gasteiger partial charge is 0.489 e. The number of nitrogens with one attached hydrogen (secondary N) is 1. The number of amides is 1. The van der Waals surface area contributed by atoms with E-state index in [2.05, 4.69) is 10.1 Å². The van der Waals surface area contributed by atoms with Crippen LogP contribution in [-0.4, -0.2) is 30.9 Å². The van der Waals surface area contributed by atoms with Crippen LogP contribution in [-0.2, 0) is 20.4 Å². The fourth-order valence-corrected chi connectivity index (χ4v) is 3.00. The molecule has 0 spiro atoms. The van der Waals surface area contributed by atoms with Gasteiger partial charge in [-0.1, -0.05) is 12.1 Å². The van der Waals surface area contributed by atoms with Gasteiger partial charge in [-0.25, -0.2) is 4.79 Å². The summed E-state index contributed by atoms with van der Waals surface area (Å²) in [5, 5.41) is 2.53. The Morgan fingerprint density at radius 1 is 1.17 bits per heavy atom. The topological polar surface area (TPSA) is 73.9 Å². The molecule has 29 heavy (non-hydrogen) atoms. The molecule has 0 unspecified atom stereocenters. The van der Waals surface area contributed by atoms with E-state index in [1.165, 1.54) is 19.2 Å². The fourth-order valence-electron chi connectivity index (χ4n) is 3.00. The number of hydrogen-bond donors (Lipinski definition) is 1. The normalized spacial score (nSPS) is 20.3. The number of methoxy groups -OCH3 is 1. The lowest BCUT2D eigenvalue weighted by Crippen LogP contribution is -2.39. The average Bonchev–Trinajstić information content (AvgIpc) is 2.54. The molecule has 1 saturated carbocycles. The van der Waals surface area contributed by atoms with Gasteiger partial charge in [-0.05, 0) is 46.6 Å². The molecule has 0 saturated heterocycles. The van der Waals surface area contributed by atoms with Crippen LogP contribution in [0, 0.1) is 5.92 Å². The summed E-state index contributed by atoms with van der Waals surface area (Å²) in [6.45, 7) is 6.60. The summed E-state index contributed by atoms with van der Waals surface area (Å²) >= 11 is 0. The van der Waals surface area contributed by atoms with Crippen molar-refractivity contribution in [1.82, 2.24) is 5.32 Å². The molecule has 162 valence electrons. The molecule has 0 heterocycles. The lowest BCUT2D eigenvalue weighted by atomic mass is 9.82. The van der Waals surface area contributed by atoms with E-state index in [1.54, 1.807) is 27.7 Å². The first-order valence-electron chi connectivity index (χ1n) is 9.26. The molecule has 1 amide bonds. The lowest BCUT2D eigenvalue weighted by Gasteiger charge is -2.35. The van der Waals surface area contributed by atoms with Gasteiger partial charge in [0, 0.05) is 5.56 Å². The van der Waals surface area contributed by atoms with Crippen molar-refractivity contribution >= 4 is 12.1 Å². The summed E-state index contributed by atoms with van der Waals surface area (Å²) in [7, 11) is 1.26. The molecule has 9 heteroatoms. The van der Waals surface area contributed by atoms with E-state index in [1.807, 2.05) is 0 Å². The SMILES string of the molecule is COC(=O)C1CC(Oc2c([C@@H](C)NC(=O)OC(C)(C)C)cccc2C(F)(F)F)C1. The predicted octanol–water partition coefficient (Wildman–Crippen LogP) is 4.62. The van der Waals surface area contributed by atoms with Crippen LogP contribution in [0.25, 0.3) is 0 Å². The predicted molar refractivity (Wildman–Crippen MR) is 98.4 cm³/mol. The molecular formula is C20H26F3NO5. The van der Waals surface area contributed by atoms with Crippen LogP contribution < -0.4 is 10.1 Å². The van der Waals surface area contributed by atoms with Gasteiger partial charge in [0.05, 0.1) is 24.6 Å². The Morgan fingerprint density at radius 2 is 1.79 bits per heavy atom. The van der Waals surface area contributed by atoms with Crippen LogP contribution in [0.1, 0.15) is 57.7 Å². The maximum atomic E-state index is 13.5. The minimum Gasteiger partial charge on any atom is -0.489 e. The van der Waals surface area contributed by atoms with Crippen LogP contribution in [0.3, 0.4) is 0 Å². The van der Waals surface area contributed by atoms with E-state index in [-0.39, 0.29) is 30.1 Å². The third-order valence-corrected chi connectivity index (χ3v) is 4.46. The van der Waals surface area contributed by atoms with Gasteiger partial charge in [0.2, 0.25) is 0 Å². The highest BCUT2D eigenvalue weighted by atomic mass is 19.4. The first kappa shape index (κ1) is 22.8. The van der Waals surface area contributed by atoms with Gasteiger partial charge in [-0.15, -0.1) is 0 Å². The molecule has 1 aromatic rings. The van der Waals surface area contributed by atoms with Crippen molar-refractivity contribution in [1.29, 1.82) is 0 Å². The molecule has 1 aliphatic carbocycles. The van der Waals surface area contributed by atoms with Crippen molar-refractivity contribution in [3.8, 4) is 5.75 Å². The molecule has 1 fully saturated rings. The summed E-state index contributed by atoms with van der Waals surface area (Å²) in [6.07, 6.45) is -5.39. The molecule has 0 bridgehead atoms. The zero-order valence-electron chi connectivity index (χ0n) is 17.1. The zero-order valence-corrected chi connectivity index (χ0v) is 17.1. The Bertz CT molecular complexity index is 751. The Morgan fingerprint density at radius 3 is 2.31 bits per heavy atom. The highest BCUT2D eigenvalue weighted by Crippen LogP contribution is 2.43. The molecule has 0 aromatic heterocycles. The van der Waals surface area contributed by atoms with Gasteiger partial charge in [0.1, 0.15) is 17.5 Å². The Labute approximate surface area is 167 Å². The van der Waals surface area contributed by atoms with Crippen molar-refractivity contribution in [2.24, 2.45) is 5.92 Å². The maximum Gasteiger partial charge on any atom is 0.419 e. The molecular weight excluding hydrogens is 391 g/mol. The Hall–Kier alpha value is -2.45. The van der Waals surface area contributed by atoms with Crippen LogP contribution in [0.5, 0.6) is 5.75 Å². The second-order valence-electron chi connectivity index (χ2n) is 8.02. The Balaban J connectivity index is 2.23. The van der Waals surface area contributed by atoms with E-state index in [0.29, 0.717) is 0 Å². The molecule has 1 aliphatic rings. The zero-order chi connectivity index (χ0) is 22.0. The standard InChI is InChI=1S/C20H26F3NO5/c1-11(24-18(26)29-19(2,3)4)14-7-6-8-15(20(21,22)23)16(14)28-13-9-12(10-13)17(25)27-5/h6-8,11-13H,9-10H2,1-5H3,(H,24,26)/t11-,12?,13?/m1/s1. The number of halogens is 3. The average molecular weight is 417 g/mol. The number of alkyl carbamates (subject to hydrolysis) is 1. The van der Waals surface area contributed by atoms with Gasteiger partial charge >= 0.3 is 18.2 Å². The number of alkyl halides is 3. The monoisotopic (exact) mass is 417 g/mol. The van der Waals surface area contributed by atoms with E-state index >= 15 is 0 Å². The lowest BCUT2D eigenvalue weighted by molar-refractivity contribution is -0.153. The number of ether oxygens (including phenoxy) is 3. The van der Waals surface area contributed by atoms with E-state index in [0.717, 1.165) is 6.07 Å². The first-order chi connectivity index (χ1) is 13.3. The number of para-hydroxylation sites is 1. The third kappa shape index (κ3) is 6.01. The van der Waals surface area contributed by atoms with Crippen LogP contribution >= 0.6 is 0 Å². The van der Waals surface area contributed by atoms with Crippen molar-refractivity contribution in [3.05, 3.63) is 29.3 Å². The maximum absolute atomic E-state index is 13.5. The molecule has 1 aromatic carbocycles. The summed E-state index contributed by atoms with van der Waals surface area (Å²) in [6, 6.07) is 2.85. The Kier molecular flexibility index (Phi) is 6.70. The number of carbonyl (C=O) groups excluding carboxylic acids is 2. The van der Waals surface area contributed by atoms with Crippen molar-refractivity contribution in [2.45, 2.75) is 64.5 Å². The number of carbonyl (C=O) groups is 2. The molecule has 0 radical (unpaired) electrons. The van der Waals surface area contributed by atoms with Gasteiger partial charge in [-0.2, -0.15) is 13.2 Å². The van der Waals surface area contributed by atoms with Gasteiger partial charge in [0.15, 0.2) is 0 Å². The van der Waals surface area contributed by atoms with E-state index < -0.39 is 41.5 Å². The molecule has 2 rings (SSSR count). The molecule has 6 nitrogen and oxygen atoms in total. The van der Waals surface area contributed by atoms with Crippen LogP contribution in [0.15, 0.2) is 18.2 Å². The summed E-state index contributed by atoms with van der Waals surface area (Å²) in [5.74, 6) is -1.14. The minimum absolute atomic E-state index is 0.173. The summed E-state index contributed by atoms with van der Waals surface area (Å²) < 4.78 is 56.1. The second kappa shape index (κ2) is 8.51. The highest BCUT2D eigenvalue weighted by Gasteiger charge is 2.41. The first-order valence-corrected chi connectivity index (χ1v) is 9.26. The van der Waals surface area contributed by atoms with Crippen LogP contribution in [0.2, 0.25) is 0 Å².